The molecule has 0 fully saturated rings. The fourth-order valence-electron chi connectivity index (χ4n) is 1.98. The van der Waals surface area contributed by atoms with Crippen LogP contribution in [0.2, 0.25) is 0 Å². The van der Waals surface area contributed by atoms with Crippen molar-refractivity contribution < 1.29 is 17.4 Å². The van der Waals surface area contributed by atoms with Gasteiger partial charge in [0.1, 0.15) is 10.6 Å². The molecule has 0 saturated carbocycles. The van der Waals surface area contributed by atoms with Crippen LogP contribution in [0.4, 0.5) is 0 Å². The van der Waals surface area contributed by atoms with Gasteiger partial charge in [-0.3, -0.25) is 4.79 Å². The van der Waals surface area contributed by atoms with E-state index in [4.69, 9.17) is 4.18 Å². The fourth-order valence-corrected chi connectivity index (χ4v) is 2.96. The molecule has 2 rings (SSSR count). The molecule has 0 unspecified atom stereocenters. The second-order valence-electron chi connectivity index (χ2n) is 5.29. The van der Waals surface area contributed by atoms with Crippen molar-refractivity contribution in [2.24, 2.45) is 0 Å². The molecular weight excluding hydrogens is 314 g/mol. The number of benzene rings is 2. The van der Waals surface area contributed by atoms with Gasteiger partial charge in [-0.2, -0.15) is 8.42 Å². The van der Waals surface area contributed by atoms with Gasteiger partial charge in [-0.05, 0) is 48.7 Å². The molecule has 23 heavy (non-hydrogen) atoms. The van der Waals surface area contributed by atoms with Crippen LogP contribution in [-0.4, -0.2) is 14.3 Å². The summed E-state index contributed by atoms with van der Waals surface area (Å²) in [5.74, 6) is 0.187. The highest BCUT2D eigenvalue weighted by atomic mass is 32.2. The van der Waals surface area contributed by atoms with Crippen LogP contribution < -0.4 is 9.50 Å². The topological polar surface area (TPSA) is 72.5 Å². The Morgan fingerprint density at radius 1 is 1.09 bits per heavy atom. The van der Waals surface area contributed by atoms with Crippen molar-refractivity contribution in [1.82, 2.24) is 5.32 Å². The third kappa shape index (κ3) is 4.32. The Bertz CT molecular complexity index is 811. The molecule has 0 aliphatic heterocycles. The first-order chi connectivity index (χ1) is 10.8. The summed E-state index contributed by atoms with van der Waals surface area (Å²) >= 11 is 0. The van der Waals surface area contributed by atoms with Crippen LogP contribution in [0.15, 0.2) is 47.4 Å². The fraction of sp³-hybridized carbons (Fsp3) is 0.235. The van der Waals surface area contributed by atoms with Crippen molar-refractivity contribution >= 4 is 16.0 Å². The standard InChI is InChI=1S/C17H19NO4S/c1-12-5-4-6-17(13(12)2)22-23(20,21)16-9-7-15(8-10-16)11-18-14(3)19/h4-10H,11H2,1-3H3,(H,18,19). The van der Waals surface area contributed by atoms with Gasteiger partial charge in [0.2, 0.25) is 5.91 Å². The van der Waals surface area contributed by atoms with Gasteiger partial charge in [0.25, 0.3) is 0 Å². The molecular formula is C17H19NO4S. The summed E-state index contributed by atoms with van der Waals surface area (Å²) in [5.41, 5.74) is 2.56. The van der Waals surface area contributed by atoms with E-state index in [1.807, 2.05) is 19.9 Å². The SMILES string of the molecule is CC(=O)NCc1ccc(S(=O)(=O)Oc2cccc(C)c2C)cc1. The number of hydrogen-bond acceptors (Lipinski definition) is 4. The molecule has 5 nitrogen and oxygen atoms in total. The normalized spacial score (nSPS) is 11.1. The molecule has 0 saturated heterocycles. The van der Waals surface area contributed by atoms with Crippen molar-refractivity contribution in [2.45, 2.75) is 32.2 Å². The second-order valence-corrected chi connectivity index (χ2v) is 6.84. The average Bonchev–Trinajstić information content (AvgIpc) is 2.50. The molecule has 0 heterocycles. The molecule has 0 radical (unpaired) electrons. The predicted molar refractivity (Wildman–Crippen MR) is 87.7 cm³/mol. The Balaban J connectivity index is 2.19. The quantitative estimate of drug-likeness (QED) is 0.854. The van der Waals surface area contributed by atoms with E-state index in [-0.39, 0.29) is 10.8 Å². The molecule has 2 aromatic carbocycles. The first-order valence-corrected chi connectivity index (χ1v) is 8.54. The molecule has 122 valence electrons. The van der Waals surface area contributed by atoms with Gasteiger partial charge >= 0.3 is 10.1 Å². The van der Waals surface area contributed by atoms with Gasteiger partial charge in [0.15, 0.2) is 0 Å². The molecule has 0 aliphatic carbocycles. The number of nitrogens with one attached hydrogen (secondary N) is 1. The van der Waals surface area contributed by atoms with Crippen LogP contribution in [0.3, 0.4) is 0 Å². The monoisotopic (exact) mass is 333 g/mol. The summed E-state index contributed by atoms with van der Waals surface area (Å²) in [7, 11) is -3.89. The Kier molecular flexibility index (Phi) is 5.05. The molecule has 0 spiro atoms. The lowest BCUT2D eigenvalue weighted by molar-refractivity contribution is -0.119. The summed E-state index contributed by atoms with van der Waals surface area (Å²) in [4.78, 5) is 11.0. The summed E-state index contributed by atoms with van der Waals surface area (Å²) in [6.07, 6.45) is 0. The number of carbonyl (C=O) groups excluding carboxylic acids is 1. The largest absolute Gasteiger partial charge is 0.379 e. The highest BCUT2D eigenvalue weighted by Crippen LogP contribution is 2.24. The van der Waals surface area contributed by atoms with E-state index < -0.39 is 10.1 Å². The lowest BCUT2D eigenvalue weighted by atomic mass is 10.1. The number of hydrogen-bond donors (Lipinski definition) is 1. The smallest absolute Gasteiger partial charge is 0.339 e. The van der Waals surface area contributed by atoms with Crippen LogP contribution >= 0.6 is 0 Å². The van der Waals surface area contributed by atoms with Crippen LogP contribution in [0, 0.1) is 13.8 Å². The Morgan fingerprint density at radius 3 is 2.35 bits per heavy atom. The maximum absolute atomic E-state index is 12.4. The maximum Gasteiger partial charge on any atom is 0.339 e. The summed E-state index contributed by atoms with van der Waals surface area (Å²) in [6.45, 7) is 5.49. The van der Waals surface area contributed by atoms with Crippen molar-refractivity contribution in [1.29, 1.82) is 0 Å². The van der Waals surface area contributed by atoms with Crippen molar-refractivity contribution in [3.8, 4) is 5.75 Å². The van der Waals surface area contributed by atoms with Crippen LogP contribution in [0.5, 0.6) is 5.75 Å². The molecule has 0 aromatic heterocycles. The van der Waals surface area contributed by atoms with Crippen LogP contribution in [0.1, 0.15) is 23.6 Å². The van der Waals surface area contributed by atoms with Crippen LogP contribution in [0.25, 0.3) is 0 Å². The van der Waals surface area contributed by atoms with E-state index in [0.717, 1.165) is 16.7 Å². The zero-order chi connectivity index (χ0) is 17.0. The zero-order valence-corrected chi connectivity index (χ0v) is 14.1. The van der Waals surface area contributed by atoms with Gasteiger partial charge in [-0.1, -0.05) is 24.3 Å². The highest BCUT2D eigenvalue weighted by Gasteiger charge is 2.18. The third-order valence-corrected chi connectivity index (χ3v) is 4.76. The Labute approximate surface area is 136 Å². The van der Waals surface area contributed by atoms with Gasteiger partial charge in [0.05, 0.1) is 0 Å². The minimum atomic E-state index is -3.89. The van der Waals surface area contributed by atoms with E-state index in [2.05, 4.69) is 5.32 Å². The van der Waals surface area contributed by atoms with Gasteiger partial charge in [0, 0.05) is 13.5 Å². The highest BCUT2D eigenvalue weighted by molar-refractivity contribution is 7.87. The summed E-state index contributed by atoms with van der Waals surface area (Å²) < 4.78 is 29.9. The molecule has 0 bridgehead atoms. The number of aryl methyl sites for hydroxylation is 1. The van der Waals surface area contributed by atoms with E-state index >= 15 is 0 Å². The lowest BCUT2D eigenvalue weighted by Crippen LogP contribution is -2.19. The van der Waals surface area contributed by atoms with E-state index in [0.29, 0.717) is 12.3 Å². The minimum Gasteiger partial charge on any atom is -0.379 e. The Morgan fingerprint density at radius 2 is 1.74 bits per heavy atom. The summed E-state index contributed by atoms with van der Waals surface area (Å²) in [6, 6.07) is 11.5. The maximum atomic E-state index is 12.4. The van der Waals surface area contributed by atoms with Crippen molar-refractivity contribution in [3.63, 3.8) is 0 Å². The van der Waals surface area contributed by atoms with Crippen molar-refractivity contribution in [3.05, 3.63) is 59.2 Å². The molecule has 0 atom stereocenters. The number of amides is 1. The first kappa shape index (κ1) is 17.0. The number of rotatable bonds is 5. The minimum absolute atomic E-state index is 0.0741. The zero-order valence-electron chi connectivity index (χ0n) is 13.3. The van der Waals surface area contributed by atoms with E-state index in [1.165, 1.54) is 19.1 Å². The molecule has 1 amide bonds. The molecule has 6 heteroatoms. The van der Waals surface area contributed by atoms with Gasteiger partial charge < -0.3 is 9.50 Å². The molecule has 0 aliphatic rings. The van der Waals surface area contributed by atoms with Crippen LogP contribution in [-0.2, 0) is 21.5 Å². The lowest BCUT2D eigenvalue weighted by Gasteiger charge is -2.11. The van der Waals surface area contributed by atoms with E-state index in [9.17, 15) is 13.2 Å². The van der Waals surface area contributed by atoms with Crippen molar-refractivity contribution in [2.75, 3.05) is 0 Å². The average molecular weight is 333 g/mol. The predicted octanol–water partition coefficient (Wildman–Crippen LogP) is 2.71. The third-order valence-electron chi connectivity index (χ3n) is 3.51. The van der Waals surface area contributed by atoms with E-state index in [1.54, 1.807) is 24.3 Å². The van der Waals surface area contributed by atoms with Gasteiger partial charge in [-0.25, -0.2) is 0 Å². The second kappa shape index (κ2) is 6.83. The Hall–Kier alpha value is -2.34. The van der Waals surface area contributed by atoms with Gasteiger partial charge in [-0.15, -0.1) is 0 Å². The number of carbonyl (C=O) groups is 1. The molecule has 1 N–H and O–H groups in total. The molecule has 2 aromatic rings. The first-order valence-electron chi connectivity index (χ1n) is 7.13. The summed E-state index contributed by atoms with van der Waals surface area (Å²) in [5, 5.41) is 2.65.